The molecule has 0 saturated carbocycles. The largest absolute Gasteiger partial charge is 0.494 e. The van der Waals surface area contributed by atoms with Crippen molar-refractivity contribution in [3.63, 3.8) is 0 Å². The van der Waals surface area contributed by atoms with Crippen molar-refractivity contribution < 1.29 is 24.2 Å². The molecule has 0 radical (unpaired) electrons. The Labute approximate surface area is 301 Å². The molecule has 1 aliphatic heterocycles. The van der Waals surface area contributed by atoms with E-state index in [1.807, 2.05) is 72.8 Å². The van der Waals surface area contributed by atoms with Crippen molar-refractivity contribution in [3.05, 3.63) is 114 Å². The summed E-state index contributed by atoms with van der Waals surface area (Å²) in [6.45, 7) is 9.47. The van der Waals surface area contributed by atoms with Gasteiger partial charge in [-0.25, -0.2) is 14.8 Å². The number of aliphatic carboxylic acids is 1. The molecule has 1 N–H and O–H groups in total. The normalized spacial score (nSPS) is 14.7. The molecular weight excluding hydrogens is 638 g/mol. The van der Waals surface area contributed by atoms with Gasteiger partial charge in [-0.05, 0) is 47.1 Å². The number of aromatic nitrogens is 2. The number of ketones is 1. The number of rotatable bonds is 16. The Kier molecular flexibility index (Phi) is 12.5. The first-order valence-electron chi connectivity index (χ1n) is 18.0. The maximum atomic E-state index is 13.8. The van der Waals surface area contributed by atoms with Crippen LogP contribution in [0.3, 0.4) is 0 Å². The summed E-state index contributed by atoms with van der Waals surface area (Å²) in [4.78, 5) is 49.7. The molecule has 0 saturated heterocycles. The van der Waals surface area contributed by atoms with Crippen molar-refractivity contribution >= 4 is 17.7 Å². The Balaban J connectivity index is 1.25. The average Bonchev–Trinajstić information content (AvgIpc) is 3.64. The highest BCUT2D eigenvalue weighted by Gasteiger charge is 2.35. The number of hydrogen-bond acceptors (Lipinski definition) is 6. The fraction of sp³-hybridized carbons (Fsp3) is 0.372. The predicted octanol–water partition coefficient (Wildman–Crippen LogP) is 8.74. The predicted molar refractivity (Wildman–Crippen MR) is 201 cm³/mol. The molecule has 1 unspecified atom stereocenters. The van der Waals surface area contributed by atoms with E-state index in [0.717, 1.165) is 46.6 Å². The zero-order valence-electron chi connectivity index (χ0n) is 30.2. The molecule has 1 amide bonds. The summed E-state index contributed by atoms with van der Waals surface area (Å²) >= 11 is 0. The van der Waals surface area contributed by atoms with E-state index >= 15 is 0 Å². The Morgan fingerprint density at radius 2 is 1.49 bits per heavy atom. The molecule has 266 valence electrons. The average molecular weight is 688 g/mol. The summed E-state index contributed by atoms with van der Waals surface area (Å²) in [5.74, 6) is -0.902. The minimum atomic E-state index is -1.09. The van der Waals surface area contributed by atoms with Gasteiger partial charge in [0.25, 0.3) is 0 Å². The van der Waals surface area contributed by atoms with Crippen molar-refractivity contribution in [1.82, 2.24) is 14.9 Å². The van der Waals surface area contributed by atoms with Gasteiger partial charge in [-0.1, -0.05) is 126 Å². The molecule has 0 bridgehead atoms. The molecule has 2 heterocycles. The van der Waals surface area contributed by atoms with E-state index in [2.05, 4.69) is 37.7 Å². The van der Waals surface area contributed by atoms with E-state index in [1.165, 1.54) is 36.7 Å². The summed E-state index contributed by atoms with van der Waals surface area (Å²) in [5.41, 5.74) is 5.16. The van der Waals surface area contributed by atoms with E-state index in [0.29, 0.717) is 11.4 Å². The number of carbonyl (C=O) groups excluding carboxylic acids is 2. The highest BCUT2D eigenvalue weighted by molar-refractivity contribution is 5.99. The van der Waals surface area contributed by atoms with Gasteiger partial charge in [0.2, 0.25) is 5.91 Å². The van der Waals surface area contributed by atoms with Gasteiger partial charge in [-0.2, -0.15) is 0 Å². The Bertz CT molecular complexity index is 1790. The van der Waals surface area contributed by atoms with Gasteiger partial charge < -0.3 is 14.7 Å². The molecular formula is C43H49N3O5. The van der Waals surface area contributed by atoms with Crippen LogP contribution in [0.25, 0.3) is 22.5 Å². The third-order valence-corrected chi connectivity index (χ3v) is 9.40. The number of carboxylic acids is 1. The third kappa shape index (κ3) is 10.00. The van der Waals surface area contributed by atoms with E-state index in [1.54, 1.807) is 18.5 Å². The van der Waals surface area contributed by atoms with Gasteiger partial charge in [0.1, 0.15) is 11.8 Å². The van der Waals surface area contributed by atoms with Gasteiger partial charge >= 0.3 is 5.97 Å². The van der Waals surface area contributed by atoms with Crippen LogP contribution >= 0.6 is 0 Å². The van der Waals surface area contributed by atoms with E-state index < -0.39 is 17.9 Å². The molecule has 51 heavy (non-hydrogen) atoms. The Morgan fingerprint density at radius 3 is 2.12 bits per heavy atom. The molecule has 0 fully saturated rings. The lowest BCUT2D eigenvalue weighted by Crippen LogP contribution is -2.44. The SMILES string of the molecule is CCCCCCCOc1ccc(-c2cnc(-c3ccc(C[C@H](CC(=O)c4ccc(C(C)(C)C)cc4)C(=O)N4CC=CC4C(=O)O)cc3)nc2)cc1. The van der Waals surface area contributed by atoms with Gasteiger partial charge in [0, 0.05) is 48.0 Å². The first-order chi connectivity index (χ1) is 24.5. The van der Waals surface area contributed by atoms with Gasteiger partial charge in [0.05, 0.1) is 6.61 Å². The highest BCUT2D eigenvalue weighted by atomic mass is 16.5. The highest BCUT2D eigenvalue weighted by Crippen LogP contribution is 2.27. The first kappa shape index (κ1) is 37.2. The maximum absolute atomic E-state index is 13.8. The molecule has 0 aliphatic carbocycles. The number of hydrogen-bond donors (Lipinski definition) is 1. The van der Waals surface area contributed by atoms with Crippen LogP contribution in [0.15, 0.2) is 97.3 Å². The molecule has 2 atom stereocenters. The number of carbonyl (C=O) groups is 3. The van der Waals surface area contributed by atoms with E-state index in [4.69, 9.17) is 4.74 Å². The van der Waals surface area contributed by atoms with Crippen LogP contribution in [-0.2, 0) is 21.4 Å². The summed E-state index contributed by atoms with van der Waals surface area (Å²) < 4.78 is 5.90. The Morgan fingerprint density at radius 1 is 0.843 bits per heavy atom. The van der Waals surface area contributed by atoms with Crippen molar-refractivity contribution in [1.29, 1.82) is 0 Å². The van der Waals surface area contributed by atoms with Crippen molar-refractivity contribution in [2.75, 3.05) is 13.2 Å². The number of Topliss-reactive ketones (excluding diaryl/α,β-unsaturated/α-hetero) is 1. The van der Waals surface area contributed by atoms with Gasteiger partial charge in [0.15, 0.2) is 11.6 Å². The standard InChI is InChI=1S/C43H49N3O5/c1-5-6-7-8-9-25-51-37-22-18-31(19-23-37)35-28-44-40(45-29-35)33-14-12-30(13-15-33)26-34(41(48)46-24-10-11-38(46)42(49)50)27-39(47)32-16-20-36(21-17-32)43(2,3)4/h10-23,28-29,34,38H,5-9,24-27H2,1-4H3,(H,49,50)/t34-,38?/m1/s1. The molecule has 8 nitrogen and oxygen atoms in total. The van der Waals surface area contributed by atoms with Crippen LogP contribution in [-0.4, -0.2) is 56.8 Å². The number of nitrogens with zero attached hydrogens (tertiary/aromatic N) is 3. The minimum Gasteiger partial charge on any atom is -0.494 e. The van der Waals surface area contributed by atoms with Gasteiger partial charge in [-0.3, -0.25) is 9.59 Å². The lowest BCUT2D eigenvalue weighted by atomic mass is 9.85. The second kappa shape index (κ2) is 17.2. The topological polar surface area (TPSA) is 110 Å². The molecule has 0 spiro atoms. The number of unbranched alkanes of at least 4 members (excludes halogenated alkanes) is 4. The molecule has 4 aromatic rings. The van der Waals surface area contributed by atoms with Crippen LogP contribution in [0.2, 0.25) is 0 Å². The summed E-state index contributed by atoms with van der Waals surface area (Å²) in [6.07, 6.45) is 13.1. The van der Waals surface area contributed by atoms with E-state index in [9.17, 15) is 19.5 Å². The maximum Gasteiger partial charge on any atom is 0.330 e. The zero-order chi connectivity index (χ0) is 36.4. The number of benzene rings is 3. The van der Waals surface area contributed by atoms with Crippen LogP contribution in [0.5, 0.6) is 5.75 Å². The van der Waals surface area contributed by atoms with Crippen LogP contribution in [0, 0.1) is 5.92 Å². The van der Waals surface area contributed by atoms with Crippen molar-refractivity contribution in [2.45, 2.75) is 84.1 Å². The lowest BCUT2D eigenvalue weighted by molar-refractivity contribution is -0.148. The summed E-state index contributed by atoms with van der Waals surface area (Å²) in [7, 11) is 0. The van der Waals surface area contributed by atoms with Crippen LogP contribution in [0.4, 0.5) is 0 Å². The third-order valence-electron chi connectivity index (χ3n) is 9.40. The summed E-state index contributed by atoms with van der Waals surface area (Å²) in [6, 6.07) is 22.1. The molecule has 8 heteroatoms. The molecule has 5 rings (SSSR count). The number of ether oxygens (including phenoxy) is 1. The van der Waals surface area contributed by atoms with Crippen molar-refractivity contribution in [2.24, 2.45) is 5.92 Å². The molecule has 1 aliphatic rings. The summed E-state index contributed by atoms with van der Waals surface area (Å²) in [5, 5.41) is 9.71. The van der Waals surface area contributed by atoms with Gasteiger partial charge in [-0.15, -0.1) is 0 Å². The quantitative estimate of drug-likeness (QED) is 0.0713. The van der Waals surface area contributed by atoms with Crippen molar-refractivity contribution in [3.8, 4) is 28.3 Å². The van der Waals surface area contributed by atoms with E-state index in [-0.39, 0.29) is 36.5 Å². The van der Waals surface area contributed by atoms with Crippen LogP contribution in [0.1, 0.15) is 87.7 Å². The second-order valence-corrected chi connectivity index (χ2v) is 14.3. The minimum absolute atomic E-state index is 0.0327. The molecule has 3 aromatic carbocycles. The number of amides is 1. The smallest absolute Gasteiger partial charge is 0.330 e. The second-order valence-electron chi connectivity index (χ2n) is 14.3. The monoisotopic (exact) mass is 687 g/mol. The zero-order valence-corrected chi connectivity index (χ0v) is 30.2. The Hall–Kier alpha value is -5.11. The lowest BCUT2D eigenvalue weighted by Gasteiger charge is -2.27. The first-order valence-corrected chi connectivity index (χ1v) is 18.0. The number of carboxylic acid groups (broad SMARTS) is 1. The molecule has 1 aromatic heterocycles. The fourth-order valence-electron chi connectivity index (χ4n) is 6.28. The fourth-order valence-corrected chi connectivity index (χ4v) is 6.28. The van der Waals surface area contributed by atoms with Crippen LogP contribution < -0.4 is 4.74 Å².